The van der Waals surface area contributed by atoms with E-state index in [1.54, 1.807) is 37.5 Å². The molecule has 244 valence electrons. The number of aromatic nitrogens is 1. The summed E-state index contributed by atoms with van der Waals surface area (Å²) in [6.45, 7) is 13.5. The predicted molar refractivity (Wildman–Crippen MR) is 185 cm³/mol. The molecular weight excluding hydrogens is 600 g/mol. The van der Waals surface area contributed by atoms with Crippen LogP contribution in [0.25, 0.3) is 27.8 Å². The molecule has 0 amide bonds. The third-order valence-electron chi connectivity index (χ3n) is 9.82. The number of aryl methyl sites for hydroxylation is 2. The number of nitrogens with zero attached hydrogens (tertiary/aromatic N) is 2. The third-order valence-corrected chi connectivity index (χ3v) is 14.3. The average molecular weight is 645 g/mol. The summed E-state index contributed by atoms with van der Waals surface area (Å²) in [5.74, 6) is 0.380. The largest absolute Gasteiger partial charge is 0.497 e. The molecule has 1 unspecified atom stereocenters. The normalized spacial score (nSPS) is 16.5. The number of esters is 1. The minimum absolute atomic E-state index is 0.00489. The van der Waals surface area contributed by atoms with E-state index in [0.717, 1.165) is 32.6 Å². The van der Waals surface area contributed by atoms with Crippen LogP contribution in [0, 0.1) is 6.92 Å². The van der Waals surface area contributed by atoms with Gasteiger partial charge in [-0.05, 0) is 84.1 Å². The lowest BCUT2D eigenvalue weighted by molar-refractivity contribution is -0.147. The fourth-order valence-electron chi connectivity index (χ4n) is 5.89. The van der Waals surface area contributed by atoms with Crippen LogP contribution in [0.3, 0.4) is 0 Å². The second-order valence-electron chi connectivity index (χ2n) is 13.6. The molecule has 0 fully saturated rings. The summed E-state index contributed by atoms with van der Waals surface area (Å²) in [4.78, 5) is 27.2. The molecule has 10 heteroatoms. The SMILES string of the molecule is COC(=O)C1(Cc2ccc(OC)cc2OC)C=Cc2c(c3cc4cc(CO[Si](C)(C)C(C)(C)C)n(C)c4cc3c(C)cc2=O)N1O. The molecule has 9 nitrogen and oxygen atoms in total. The summed E-state index contributed by atoms with van der Waals surface area (Å²) in [6.07, 6.45) is 3.14. The fraction of sp³-hybridized carbons (Fsp3) is 0.389. The molecule has 2 heterocycles. The number of methoxy groups -OCH3 is 3. The number of anilines is 1. The van der Waals surface area contributed by atoms with Crippen LogP contribution in [0.1, 0.15) is 43.2 Å². The number of hydroxylamine groups is 1. The first-order valence-corrected chi connectivity index (χ1v) is 18.2. The van der Waals surface area contributed by atoms with Crippen LogP contribution in [0.5, 0.6) is 11.5 Å². The van der Waals surface area contributed by atoms with Gasteiger partial charge in [-0.25, -0.2) is 9.86 Å². The molecule has 1 N–H and O–H groups in total. The zero-order chi connectivity index (χ0) is 33.8. The lowest BCUT2D eigenvalue weighted by Gasteiger charge is -2.39. The summed E-state index contributed by atoms with van der Waals surface area (Å²) in [5, 5.41) is 15.5. The van der Waals surface area contributed by atoms with E-state index in [0.29, 0.717) is 29.1 Å². The smallest absolute Gasteiger partial charge is 0.338 e. The zero-order valence-corrected chi connectivity index (χ0v) is 29.4. The summed E-state index contributed by atoms with van der Waals surface area (Å²) >= 11 is 0. The molecule has 1 atom stereocenters. The van der Waals surface area contributed by atoms with E-state index in [-0.39, 0.29) is 28.1 Å². The van der Waals surface area contributed by atoms with Crippen molar-refractivity contribution in [1.82, 2.24) is 4.57 Å². The lowest BCUT2D eigenvalue weighted by Crippen LogP contribution is -2.56. The Morgan fingerprint density at radius 3 is 2.35 bits per heavy atom. The number of hydrogen-bond acceptors (Lipinski definition) is 8. The fourth-order valence-corrected chi connectivity index (χ4v) is 6.84. The van der Waals surface area contributed by atoms with Crippen molar-refractivity contribution in [2.75, 3.05) is 26.4 Å². The van der Waals surface area contributed by atoms with Crippen molar-refractivity contribution in [3.05, 3.63) is 81.1 Å². The monoisotopic (exact) mass is 644 g/mol. The number of fused-ring (bicyclic) bond motifs is 4. The van der Waals surface area contributed by atoms with Gasteiger partial charge in [-0.3, -0.25) is 10.0 Å². The molecule has 5 rings (SSSR count). The highest BCUT2D eigenvalue weighted by molar-refractivity contribution is 6.74. The maximum absolute atomic E-state index is 13.7. The minimum atomic E-state index is -1.99. The number of carbonyl (C=O) groups excluding carboxylic acids is 1. The average Bonchev–Trinajstić information content (AvgIpc) is 3.27. The molecule has 1 aliphatic rings. The van der Waals surface area contributed by atoms with Gasteiger partial charge in [0.2, 0.25) is 0 Å². The van der Waals surface area contributed by atoms with E-state index >= 15 is 0 Å². The van der Waals surface area contributed by atoms with Gasteiger partial charge in [-0.15, -0.1) is 0 Å². The van der Waals surface area contributed by atoms with E-state index < -0.39 is 19.8 Å². The Morgan fingerprint density at radius 2 is 1.72 bits per heavy atom. The maximum atomic E-state index is 13.7. The van der Waals surface area contributed by atoms with Crippen LogP contribution >= 0.6 is 0 Å². The molecule has 0 saturated heterocycles. The minimum Gasteiger partial charge on any atom is -0.497 e. The van der Waals surface area contributed by atoms with Crippen molar-refractivity contribution in [2.45, 2.75) is 64.4 Å². The third kappa shape index (κ3) is 5.48. The van der Waals surface area contributed by atoms with Gasteiger partial charge in [0.05, 0.1) is 33.6 Å². The molecule has 1 aromatic heterocycles. The van der Waals surface area contributed by atoms with Crippen molar-refractivity contribution in [3.63, 3.8) is 0 Å². The Kier molecular flexibility index (Phi) is 8.61. The predicted octanol–water partition coefficient (Wildman–Crippen LogP) is 6.92. The van der Waals surface area contributed by atoms with Crippen molar-refractivity contribution >= 4 is 47.7 Å². The highest BCUT2D eigenvalue weighted by Crippen LogP contribution is 2.43. The van der Waals surface area contributed by atoms with E-state index in [2.05, 4.69) is 44.5 Å². The summed E-state index contributed by atoms with van der Waals surface area (Å²) in [5.41, 5.74) is 1.92. The molecule has 0 aliphatic carbocycles. The molecule has 46 heavy (non-hydrogen) atoms. The van der Waals surface area contributed by atoms with Gasteiger partial charge in [0.25, 0.3) is 0 Å². The van der Waals surface area contributed by atoms with Crippen molar-refractivity contribution in [3.8, 4) is 11.5 Å². The molecule has 0 bridgehead atoms. The first-order valence-electron chi connectivity index (χ1n) is 15.3. The van der Waals surface area contributed by atoms with E-state index in [1.165, 1.54) is 20.3 Å². The number of benzene rings is 2. The summed E-state index contributed by atoms with van der Waals surface area (Å²) in [6, 6.07) is 12.9. The van der Waals surface area contributed by atoms with Crippen molar-refractivity contribution in [2.24, 2.45) is 7.05 Å². The Hall–Kier alpha value is -4.12. The summed E-state index contributed by atoms with van der Waals surface area (Å²) < 4.78 is 24.9. The van der Waals surface area contributed by atoms with Gasteiger partial charge in [-0.1, -0.05) is 26.8 Å². The molecular formula is C36H44N2O7Si. The first-order chi connectivity index (χ1) is 21.6. The van der Waals surface area contributed by atoms with E-state index in [9.17, 15) is 14.8 Å². The quantitative estimate of drug-likeness (QED) is 0.163. The second-order valence-corrected chi connectivity index (χ2v) is 18.4. The van der Waals surface area contributed by atoms with Crippen LogP contribution in [0.2, 0.25) is 18.1 Å². The van der Waals surface area contributed by atoms with Gasteiger partial charge in [0, 0.05) is 47.1 Å². The molecule has 0 radical (unpaired) electrons. The van der Waals surface area contributed by atoms with E-state index in [1.807, 2.05) is 26.1 Å². The Morgan fingerprint density at radius 1 is 1.00 bits per heavy atom. The van der Waals surface area contributed by atoms with Crippen LogP contribution in [0.15, 0.2) is 53.3 Å². The number of ether oxygens (including phenoxy) is 3. The van der Waals surface area contributed by atoms with Gasteiger partial charge in [0.15, 0.2) is 19.3 Å². The molecule has 0 saturated carbocycles. The Balaban J connectivity index is 1.71. The Bertz CT molecular complexity index is 1940. The topological polar surface area (TPSA) is 99.5 Å². The number of carbonyl (C=O) groups is 1. The van der Waals surface area contributed by atoms with Gasteiger partial charge in [0.1, 0.15) is 11.5 Å². The standard InChI is InChI=1S/C36H44N2O7Si/c1-22-15-31(39)27-13-14-36(34(40)44-8,20-23-11-12-26(42-6)18-32(23)43-7)38(41)33(27)29-17-24-16-25(37(5)30(24)19-28(22)29)21-45-46(9,10)35(2,3)4/h11-19,41H,20-21H2,1-10H3. The highest BCUT2D eigenvalue weighted by atomic mass is 28.4. The number of rotatable bonds is 8. The first kappa shape index (κ1) is 33.2. The molecule has 0 spiro atoms. The van der Waals surface area contributed by atoms with Gasteiger partial charge in [-0.2, -0.15) is 0 Å². The molecule has 3 aromatic carbocycles. The van der Waals surface area contributed by atoms with Gasteiger partial charge < -0.3 is 23.2 Å². The maximum Gasteiger partial charge on any atom is 0.338 e. The van der Waals surface area contributed by atoms with Gasteiger partial charge >= 0.3 is 5.97 Å². The number of hydrogen-bond donors (Lipinski definition) is 1. The van der Waals surface area contributed by atoms with Crippen LogP contribution < -0.4 is 20.0 Å². The molecule has 4 aromatic rings. The van der Waals surface area contributed by atoms with Crippen molar-refractivity contribution in [1.29, 1.82) is 0 Å². The van der Waals surface area contributed by atoms with Crippen LogP contribution in [0.4, 0.5) is 5.69 Å². The second kappa shape index (κ2) is 11.9. The zero-order valence-electron chi connectivity index (χ0n) is 28.4. The lowest BCUT2D eigenvalue weighted by atomic mass is 9.85. The van der Waals surface area contributed by atoms with Crippen LogP contribution in [-0.2, 0) is 34.0 Å². The molecule has 1 aliphatic heterocycles. The Labute approximate surface area is 271 Å². The van der Waals surface area contributed by atoms with Crippen molar-refractivity contribution < 1.29 is 28.6 Å². The highest BCUT2D eigenvalue weighted by Gasteiger charge is 2.47. The van der Waals surface area contributed by atoms with Crippen LogP contribution in [-0.4, -0.2) is 50.9 Å². The van der Waals surface area contributed by atoms with E-state index in [4.69, 9.17) is 18.6 Å². The summed E-state index contributed by atoms with van der Waals surface area (Å²) in [7, 11) is 4.38.